The molecule has 2 atom stereocenters. The Hall–Kier alpha value is -1.55. The molecule has 1 aliphatic rings. The molecule has 2 N–H and O–H groups in total. The van der Waals surface area contributed by atoms with Crippen LogP contribution in [0.3, 0.4) is 0 Å². The van der Waals surface area contributed by atoms with Gasteiger partial charge in [-0.3, -0.25) is 4.79 Å². The smallest absolute Gasteiger partial charge is 0.308 e. The van der Waals surface area contributed by atoms with Crippen molar-refractivity contribution in [3.8, 4) is 5.75 Å². The van der Waals surface area contributed by atoms with E-state index in [-0.39, 0.29) is 12.0 Å². The van der Waals surface area contributed by atoms with E-state index >= 15 is 0 Å². The van der Waals surface area contributed by atoms with Crippen molar-refractivity contribution in [3.05, 3.63) is 29.3 Å². The summed E-state index contributed by atoms with van der Waals surface area (Å²) in [5.74, 6) is -0.275. The van der Waals surface area contributed by atoms with E-state index in [2.05, 4.69) is 5.32 Å². The quantitative estimate of drug-likeness (QED) is 0.837. The maximum Gasteiger partial charge on any atom is 0.308 e. The lowest BCUT2D eigenvalue weighted by molar-refractivity contribution is -0.142. The number of carboxylic acids is 1. The minimum atomic E-state index is -0.734. The van der Waals surface area contributed by atoms with Crippen LogP contribution in [-0.4, -0.2) is 24.7 Å². The number of benzene rings is 1. The minimum Gasteiger partial charge on any atom is -0.496 e. The van der Waals surface area contributed by atoms with Gasteiger partial charge >= 0.3 is 5.97 Å². The third-order valence-electron chi connectivity index (χ3n) is 3.42. The van der Waals surface area contributed by atoms with Crippen LogP contribution >= 0.6 is 0 Å². The summed E-state index contributed by atoms with van der Waals surface area (Å²) in [6, 6.07) is 5.66. The van der Waals surface area contributed by atoms with Gasteiger partial charge in [0.25, 0.3) is 0 Å². The van der Waals surface area contributed by atoms with Crippen LogP contribution in [0.4, 0.5) is 0 Å². The molecule has 0 spiro atoms. The Balaban J connectivity index is 2.36. The highest BCUT2D eigenvalue weighted by atomic mass is 16.5. The van der Waals surface area contributed by atoms with E-state index in [1.807, 2.05) is 25.1 Å². The van der Waals surface area contributed by atoms with E-state index < -0.39 is 5.97 Å². The SMILES string of the molecule is COc1cccc([C@@H]2NCC[C@@H]2C(=O)O)c1C. The van der Waals surface area contributed by atoms with Crippen LogP contribution < -0.4 is 10.1 Å². The molecule has 0 saturated carbocycles. The van der Waals surface area contributed by atoms with Crippen molar-refractivity contribution >= 4 is 5.97 Å². The fourth-order valence-corrected chi connectivity index (χ4v) is 2.49. The Labute approximate surface area is 101 Å². The van der Waals surface area contributed by atoms with Gasteiger partial charge in [0.15, 0.2) is 0 Å². The maximum absolute atomic E-state index is 11.2. The van der Waals surface area contributed by atoms with Gasteiger partial charge in [-0.15, -0.1) is 0 Å². The van der Waals surface area contributed by atoms with E-state index in [0.29, 0.717) is 6.42 Å². The Morgan fingerprint density at radius 3 is 2.94 bits per heavy atom. The van der Waals surface area contributed by atoms with Crippen LogP contribution in [0.1, 0.15) is 23.6 Å². The van der Waals surface area contributed by atoms with Crippen molar-refractivity contribution in [2.45, 2.75) is 19.4 Å². The highest BCUT2D eigenvalue weighted by molar-refractivity contribution is 5.72. The van der Waals surface area contributed by atoms with Crippen molar-refractivity contribution in [2.24, 2.45) is 5.92 Å². The van der Waals surface area contributed by atoms with E-state index in [0.717, 1.165) is 23.4 Å². The van der Waals surface area contributed by atoms with Gasteiger partial charge in [-0.1, -0.05) is 12.1 Å². The van der Waals surface area contributed by atoms with Crippen molar-refractivity contribution in [2.75, 3.05) is 13.7 Å². The molecule has 0 bridgehead atoms. The van der Waals surface area contributed by atoms with E-state index in [9.17, 15) is 9.90 Å². The largest absolute Gasteiger partial charge is 0.496 e. The maximum atomic E-state index is 11.2. The molecule has 2 rings (SSSR count). The number of nitrogens with one attached hydrogen (secondary N) is 1. The zero-order valence-electron chi connectivity index (χ0n) is 10.1. The highest BCUT2D eigenvalue weighted by Gasteiger charge is 2.34. The molecule has 0 aromatic heterocycles. The molecular weight excluding hydrogens is 218 g/mol. The zero-order valence-corrected chi connectivity index (χ0v) is 10.1. The van der Waals surface area contributed by atoms with E-state index in [1.54, 1.807) is 7.11 Å². The monoisotopic (exact) mass is 235 g/mol. The molecule has 92 valence electrons. The standard InChI is InChI=1S/C13H17NO3/c1-8-9(4-3-5-11(8)17-2)12-10(13(15)16)6-7-14-12/h3-5,10,12,14H,6-7H2,1-2H3,(H,15,16)/t10-,12-/m0/s1. The van der Waals surface area contributed by atoms with Crippen LogP contribution in [0, 0.1) is 12.8 Å². The second-order valence-corrected chi connectivity index (χ2v) is 4.34. The van der Waals surface area contributed by atoms with Crippen LogP contribution in [0.25, 0.3) is 0 Å². The molecule has 17 heavy (non-hydrogen) atoms. The van der Waals surface area contributed by atoms with Crippen LogP contribution in [0.5, 0.6) is 5.75 Å². The van der Waals surface area contributed by atoms with Crippen molar-refractivity contribution < 1.29 is 14.6 Å². The van der Waals surface area contributed by atoms with E-state index in [4.69, 9.17) is 4.74 Å². The summed E-state index contributed by atoms with van der Waals surface area (Å²) < 4.78 is 5.27. The minimum absolute atomic E-state index is 0.109. The molecule has 1 aromatic rings. The van der Waals surface area contributed by atoms with Gasteiger partial charge in [-0.25, -0.2) is 0 Å². The molecular formula is C13H17NO3. The number of hydrogen-bond donors (Lipinski definition) is 2. The van der Waals surface area contributed by atoms with Crippen molar-refractivity contribution in [1.29, 1.82) is 0 Å². The first-order valence-electron chi connectivity index (χ1n) is 5.75. The topological polar surface area (TPSA) is 58.6 Å². The number of rotatable bonds is 3. The molecule has 4 nitrogen and oxygen atoms in total. The average Bonchev–Trinajstić information content (AvgIpc) is 2.78. The van der Waals surface area contributed by atoms with E-state index in [1.165, 1.54) is 0 Å². The molecule has 1 fully saturated rings. The van der Waals surface area contributed by atoms with Gasteiger partial charge in [0.05, 0.1) is 13.0 Å². The van der Waals surface area contributed by atoms with Crippen LogP contribution in [0.2, 0.25) is 0 Å². The number of aliphatic carboxylic acids is 1. The Kier molecular flexibility index (Phi) is 3.33. The summed E-state index contributed by atoms with van der Waals surface area (Å²) in [5, 5.41) is 12.5. The molecule has 0 unspecified atom stereocenters. The first kappa shape index (κ1) is 11.9. The zero-order chi connectivity index (χ0) is 12.4. The third kappa shape index (κ3) is 2.13. The summed E-state index contributed by atoms with van der Waals surface area (Å²) in [5.41, 5.74) is 2.04. The summed E-state index contributed by atoms with van der Waals surface area (Å²) in [6.45, 7) is 2.71. The van der Waals surface area contributed by atoms with Gasteiger partial charge < -0.3 is 15.2 Å². The Morgan fingerprint density at radius 2 is 2.29 bits per heavy atom. The average molecular weight is 235 g/mol. The normalized spacial score (nSPS) is 23.6. The lowest BCUT2D eigenvalue weighted by atomic mass is 9.91. The predicted molar refractivity (Wildman–Crippen MR) is 64.2 cm³/mol. The molecule has 0 amide bonds. The lowest BCUT2D eigenvalue weighted by Crippen LogP contribution is -2.24. The van der Waals surface area contributed by atoms with Gasteiger partial charge in [0, 0.05) is 6.04 Å². The molecule has 0 aliphatic carbocycles. The lowest BCUT2D eigenvalue weighted by Gasteiger charge is -2.20. The second-order valence-electron chi connectivity index (χ2n) is 4.34. The molecule has 1 aliphatic heterocycles. The number of hydrogen-bond acceptors (Lipinski definition) is 3. The molecule has 1 saturated heterocycles. The third-order valence-corrected chi connectivity index (χ3v) is 3.42. The number of methoxy groups -OCH3 is 1. The molecule has 1 heterocycles. The molecule has 4 heteroatoms. The van der Waals surface area contributed by atoms with Gasteiger partial charge in [0.2, 0.25) is 0 Å². The fourth-order valence-electron chi connectivity index (χ4n) is 2.49. The summed E-state index contributed by atoms with van der Waals surface area (Å²) in [6.07, 6.45) is 0.677. The number of carbonyl (C=O) groups is 1. The van der Waals surface area contributed by atoms with Crippen molar-refractivity contribution in [1.82, 2.24) is 5.32 Å². The molecule has 0 radical (unpaired) electrons. The first-order valence-corrected chi connectivity index (χ1v) is 5.75. The summed E-state index contributed by atoms with van der Waals surface area (Å²) >= 11 is 0. The number of ether oxygens (including phenoxy) is 1. The fraction of sp³-hybridized carbons (Fsp3) is 0.462. The Bertz CT molecular complexity index is 431. The van der Waals surface area contributed by atoms with Gasteiger partial charge in [-0.2, -0.15) is 0 Å². The van der Waals surface area contributed by atoms with Gasteiger partial charge in [-0.05, 0) is 37.1 Å². The summed E-state index contributed by atoms with van der Waals surface area (Å²) in [7, 11) is 1.63. The first-order chi connectivity index (χ1) is 8.15. The number of carboxylic acid groups (broad SMARTS) is 1. The second kappa shape index (κ2) is 4.75. The van der Waals surface area contributed by atoms with Crippen LogP contribution in [0.15, 0.2) is 18.2 Å². The van der Waals surface area contributed by atoms with Crippen LogP contribution in [-0.2, 0) is 4.79 Å². The predicted octanol–water partition coefficient (Wildman–Crippen LogP) is 1.74. The molecule has 1 aromatic carbocycles. The van der Waals surface area contributed by atoms with Crippen molar-refractivity contribution in [3.63, 3.8) is 0 Å². The van der Waals surface area contributed by atoms with Gasteiger partial charge in [0.1, 0.15) is 5.75 Å². The Morgan fingerprint density at radius 1 is 1.53 bits per heavy atom. The summed E-state index contributed by atoms with van der Waals surface area (Å²) in [4.78, 5) is 11.2. The highest BCUT2D eigenvalue weighted by Crippen LogP contribution is 2.34.